The Hall–Kier alpha value is -1.82. The van der Waals surface area contributed by atoms with Gasteiger partial charge in [-0.25, -0.2) is 0 Å². The molecule has 0 radical (unpaired) electrons. The molecule has 1 aliphatic heterocycles. The molecular formula is C18H24N2O3S. The summed E-state index contributed by atoms with van der Waals surface area (Å²) in [7, 11) is 0. The molecule has 0 aliphatic carbocycles. The Morgan fingerprint density at radius 3 is 2.79 bits per heavy atom. The summed E-state index contributed by atoms with van der Waals surface area (Å²) in [5, 5.41) is 2.43. The topological polar surface area (TPSA) is 66.5 Å². The van der Waals surface area contributed by atoms with Crippen molar-refractivity contribution in [1.29, 1.82) is 0 Å². The fraction of sp³-hybridized carbons (Fsp3) is 0.500. The van der Waals surface area contributed by atoms with Crippen LogP contribution in [0.15, 0.2) is 24.3 Å². The van der Waals surface area contributed by atoms with Crippen LogP contribution < -0.4 is 10.2 Å². The summed E-state index contributed by atoms with van der Waals surface area (Å²) in [4.78, 5) is 37.7. The fourth-order valence-corrected chi connectivity index (χ4v) is 3.20. The van der Waals surface area contributed by atoms with Crippen molar-refractivity contribution in [3.63, 3.8) is 0 Å². The molecule has 1 aromatic rings. The number of thioether (sulfide) groups is 1. The molecular weight excluding hydrogens is 324 g/mol. The summed E-state index contributed by atoms with van der Waals surface area (Å²) in [6.45, 7) is 4.41. The van der Waals surface area contributed by atoms with Crippen LogP contribution in [0.4, 0.5) is 5.69 Å². The molecule has 130 valence electrons. The SMILES string of the molecule is CC[C@@H](C)C(=O)NCC(=O)SCC(=O)N1CCCc2ccccc21. The Balaban J connectivity index is 1.81. The van der Waals surface area contributed by atoms with Crippen molar-refractivity contribution in [3.05, 3.63) is 29.8 Å². The van der Waals surface area contributed by atoms with Crippen molar-refractivity contribution in [2.24, 2.45) is 5.92 Å². The number of hydrogen-bond acceptors (Lipinski definition) is 4. The van der Waals surface area contributed by atoms with Crippen LogP contribution in [0.2, 0.25) is 0 Å². The van der Waals surface area contributed by atoms with Crippen LogP contribution in [0.1, 0.15) is 32.3 Å². The normalized spacial score (nSPS) is 14.7. The van der Waals surface area contributed by atoms with E-state index in [-0.39, 0.29) is 35.1 Å². The van der Waals surface area contributed by atoms with E-state index in [1.54, 1.807) is 4.90 Å². The largest absolute Gasteiger partial charge is 0.348 e. The van der Waals surface area contributed by atoms with Gasteiger partial charge in [-0.05, 0) is 30.9 Å². The van der Waals surface area contributed by atoms with Gasteiger partial charge in [0.05, 0.1) is 12.3 Å². The molecule has 1 aromatic carbocycles. The van der Waals surface area contributed by atoms with Crippen LogP contribution in [0.5, 0.6) is 0 Å². The van der Waals surface area contributed by atoms with Crippen LogP contribution >= 0.6 is 11.8 Å². The van der Waals surface area contributed by atoms with Crippen LogP contribution in [0.25, 0.3) is 0 Å². The summed E-state index contributed by atoms with van der Waals surface area (Å²) in [6.07, 6.45) is 2.65. The first-order valence-corrected chi connectivity index (χ1v) is 9.33. The molecule has 6 heteroatoms. The number of carbonyl (C=O) groups excluding carboxylic acids is 3. The third kappa shape index (κ3) is 4.84. The van der Waals surface area contributed by atoms with E-state index in [0.717, 1.165) is 36.7 Å². The lowest BCUT2D eigenvalue weighted by atomic mass is 10.0. The van der Waals surface area contributed by atoms with E-state index < -0.39 is 0 Å². The Bertz CT molecular complexity index is 618. The highest BCUT2D eigenvalue weighted by molar-refractivity contribution is 8.14. The molecule has 2 amide bonds. The lowest BCUT2D eigenvalue weighted by Gasteiger charge is -2.29. The summed E-state index contributed by atoms with van der Waals surface area (Å²) >= 11 is 0.969. The molecule has 1 N–H and O–H groups in total. The smallest absolute Gasteiger partial charge is 0.237 e. The second-order valence-electron chi connectivity index (χ2n) is 5.97. The molecule has 0 spiro atoms. The number of benzene rings is 1. The fourth-order valence-electron chi connectivity index (χ4n) is 2.58. The molecule has 0 bridgehead atoms. The minimum Gasteiger partial charge on any atom is -0.348 e. The summed E-state index contributed by atoms with van der Waals surface area (Å²) in [6, 6.07) is 7.89. The minimum atomic E-state index is -0.190. The van der Waals surface area contributed by atoms with Crippen LogP contribution in [-0.2, 0) is 20.8 Å². The Labute approximate surface area is 147 Å². The van der Waals surface area contributed by atoms with E-state index in [2.05, 4.69) is 5.32 Å². The van der Waals surface area contributed by atoms with Crippen molar-refractivity contribution < 1.29 is 14.4 Å². The van der Waals surface area contributed by atoms with Gasteiger partial charge in [0.25, 0.3) is 0 Å². The van der Waals surface area contributed by atoms with Crippen LogP contribution in [0, 0.1) is 5.92 Å². The van der Waals surface area contributed by atoms with Gasteiger partial charge in [0.2, 0.25) is 16.9 Å². The second-order valence-corrected chi connectivity index (χ2v) is 7.00. The summed E-state index contributed by atoms with van der Waals surface area (Å²) in [5.41, 5.74) is 2.13. The van der Waals surface area contributed by atoms with Crippen molar-refractivity contribution in [1.82, 2.24) is 5.32 Å². The number of para-hydroxylation sites is 1. The number of aryl methyl sites for hydroxylation is 1. The van der Waals surface area contributed by atoms with Gasteiger partial charge in [0, 0.05) is 18.2 Å². The lowest BCUT2D eigenvalue weighted by Crippen LogP contribution is -2.37. The van der Waals surface area contributed by atoms with E-state index in [9.17, 15) is 14.4 Å². The third-order valence-electron chi connectivity index (χ3n) is 4.23. The third-order valence-corrected chi connectivity index (χ3v) is 5.09. The molecule has 1 atom stereocenters. The Morgan fingerprint density at radius 2 is 2.04 bits per heavy atom. The average molecular weight is 348 g/mol. The minimum absolute atomic E-state index is 0.0301. The van der Waals surface area contributed by atoms with Gasteiger partial charge in [-0.2, -0.15) is 0 Å². The molecule has 0 saturated carbocycles. The average Bonchev–Trinajstić information content (AvgIpc) is 2.62. The van der Waals surface area contributed by atoms with Gasteiger partial charge >= 0.3 is 0 Å². The maximum absolute atomic E-state index is 12.4. The first-order valence-electron chi connectivity index (χ1n) is 8.34. The second kappa shape index (κ2) is 8.87. The summed E-state index contributed by atoms with van der Waals surface area (Å²) < 4.78 is 0. The highest BCUT2D eigenvalue weighted by Gasteiger charge is 2.22. The predicted octanol–water partition coefficient (Wildman–Crippen LogP) is 2.39. The van der Waals surface area contributed by atoms with Gasteiger partial charge in [-0.15, -0.1) is 0 Å². The van der Waals surface area contributed by atoms with E-state index in [0.29, 0.717) is 6.54 Å². The van der Waals surface area contributed by atoms with Crippen LogP contribution in [-0.4, -0.2) is 35.8 Å². The van der Waals surface area contributed by atoms with E-state index in [1.165, 1.54) is 5.56 Å². The van der Waals surface area contributed by atoms with Crippen molar-refractivity contribution in [2.75, 3.05) is 23.7 Å². The number of rotatable bonds is 6. The van der Waals surface area contributed by atoms with Gasteiger partial charge < -0.3 is 10.2 Å². The van der Waals surface area contributed by atoms with E-state index in [1.807, 2.05) is 38.1 Å². The molecule has 1 heterocycles. The predicted molar refractivity (Wildman–Crippen MR) is 97.0 cm³/mol. The zero-order chi connectivity index (χ0) is 17.5. The number of fused-ring (bicyclic) bond motifs is 1. The van der Waals surface area contributed by atoms with Gasteiger partial charge in [-0.1, -0.05) is 43.8 Å². The maximum Gasteiger partial charge on any atom is 0.237 e. The quantitative estimate of drug-likeness (QED) is 0.857. The molecule has 0 fully saturated rings. The molecule has 5 nitrogen and oxygen atoms in total. The van der Waals surface area contributed by atoms with Crippen molar-refractivity contribution in [3.8, 4) is 0 Å². The highest BCUT2D eigenvalue weighted by Crippen LogP contribution is 2.27. The Morgan fingerprint density at radius 1 is 1.29 bits per heavy atom. The van der Waals surface area contributed by atoms with Gasteiger partial charge in [-0.3, -0.25) is 14.4 Å². The zero-order valence-electron chi connectivity index (χ0n) is 14.2. The molecule has 0 saturated heterocycles. The lowest BCUT2D eigenvalue weighted by molar-refractivity contribution is -0.126. The number of carbonyl (C=O) groups is 3. The zero-order valence-corrected chi connectivity index (χ0v) is 15.0. The number of hydrogen-bond donors (Lipinski definition) is 1. The van der Waals surface area contributed by atoms with Crippen molar-refractivity contribution in [2.45, 2.75) is 33.1 Å². The monoisotopic (exact) mass is 348 g/mol. The van der Waals surface area contributed by atoms with Gasteiger partial charge in [0.1, 0.15) is 0 Å². The summed E-state index contributed by atoms with van der Waals surface area (Å²) in [5.74, 6) is -0.183. The highest BCUT2D eigenvalue weighted by atomic mass is 32.2. The first kappa shape index (κ1) is 18.5. The van der Waals surface area contributed by atoms with E-state index in [4.69, 9.17) is 0 Å². The molecule has 1 aliphatic rings. The number of anilines is 1. The number of amides is 2. The standard InChI is InChI=1S/C18H24N2O3S/c1-3-13(2)18(23)19-11-17(22)24-12-16(21)20-10-6-8-14-7-4-5-9-15(14)20/h4-5,7,9,13H,3,6,8,10-12H2,1-2H3,(H,19,23)/t13-/m1/s1. The molecule has 0 aromatic heterocycles. The first-order chi connectivity index (χ1) is 11.5. The van der Waals surface area contributed by atoms with Crippen LogP contribution in [0.3, 0.4) is 0 Å². The maximum atomic E-state index is 12.4. The number of nitrogens with one attached hydrogen (secondary N) is 1. The Kier molecular flexibility index (Phi) is 6.85. The molecule has 0 unspecified atom stereocenters. The van der Waals surface area contributed by atoms with E-state index >= 15 is 0 Å². The van der Waals surface area contributed by atoms with Gasteiger partial charge in [0.15, 0.2) is 0 Å². The van der Waals surface area contributed by atoms with Crippen molar-refractivity contribution >= 4 is 34.4 Å². The molecule has 2 rings (SSSR count). The molecule has 24 heavy (non-hydrogen) atoms. The number of nitrogens with zero attached hydrogens (tertiary/aromatic N) is 1.